The summed E-state index contributed by atoms with van der Waals surface area (Å²) in [5.74, 6) is -0.278. The molecule has 1 amide bonds. The van der Waals surface area contributed by atoms with Crippen LogP contribution in [0, 0.1) is 0 Å². The molecular weight excluding hydrogens is 416 g/mol. The van der Waals surface area contributed by atoms with Crippen LogP contribution >= 0.6 is 15.9 Å². The third kappa shape index (κ3) is 4.45. The molecule has 1 saturated carbocycles. The highest BCUT2D eigenvalue weighted by atomic mass is 79.9. The van der Waals surface area contributed by atoms with Gasteiger partial charge >= 0.3 is 0 Å². The van der Waals surface area contributed by atoms with Crippen molar-refractivity contribution in [3.8, 4) is 0 Å². The predicted octanol–water partition coefficient (Wildman–Crippen LogP) is 3.70. The van der Waals surface area contributed by atoms with E-state index in [4.69, 9.17) is 0 Å². The Bertz CT molecular complexity index is 848. The molecule has 5 nitrogen and oxygen atoms in total. The molecule has 0 unspecified atom stereocenters. The van der Waals surface area contributed by atoms with Gasteiger partial charge in [0.1, 0.15) is 6.54 Å². The maximum absolute atomic E-state index is 13.1. The smallest absolute Gasteiger partial charge is 0.264 e. The first-order valence-electron chi connectivity index (χ1n) is 8.59. The van der Waals surface area contributed by atoms with E-state index in [0.717, 1.165) is 30.2 Å². The number of carbonyl (C=O) groups excluding carboxylic acids is 1. The molecule has 0 aliphatic heterocycles. The van der Waals surface area contributed by atoms with E-state index in [-0.39, 0.29) is 23.4 Å². The molecule has 1 fully saturated rings. The predicted molar refractivity (Wildman–Crippen MR) is 106 cm³/mol. The van der Waals surface area contributed by atoms with Crippen LogP contribution in [0.25, 0.3) is 0 Å². The van der Waals surface area contributed by atoms with Crippen LogP contribution in [0.1, 0.15) is 25.7 Å². The van der Waals surface area contributed by atoms with Crippen LogP contribution in [0.2, 0.25) is 0 Å². The fourth-order valence-electron chi connectivity index (χ4n) is 3.12. The van der Waals surface area contributed by atoms with Crippen molar-refractivity contribution in [3.63, 3.8) is 0 Å². The number of halogens is 1. The number of carbonyl (C=O) groups is 1. The first-order chi connectivity index (χ1) is 12.5. The molecule has 1 N–H and O–H groups in total. The van der Waals surface area contributed by atoms with Gasteiger partial charge in [-0.25, -0.2) is 8.42 Å². The van der Waals surface area contributed by atoms with Gasteiger partial charge in [-0.05, 0) is 49.2 Å². The van der Waals surface area contributed by atoms with Gasteiger partial charge in [-0.15, -0.1) is 0 Å². The third-order valence-corrected chi connectivity index (χ3v) is 6.77. The lowest BCUT2D eigenvalue weighted by Crippen LogP contribution is -2.43. The molecule has 2 aromatic carbocycles. The second-order valence-corrected chi connectivity index (χ2v) is 9.13. The van der Waals surface area contributed by atoms with Gasteiger partial charge in [-0.1, -0.05) is 47.0 Å². The topological polar surface area (TPSA) is 66.5 Å². The van der Waals surface area contributed by atoms with Gasteiger partial charge in [0.25, 0.3) is 10.0 Å². The average Bonchev–Trinajstić information content (AvgIpc) is 3.14. The van der Waals surface area contributed by atoms with Gasteiger partial charge in [0, 0.05) is 10.5 Å². The Morgan fingerprint density at radius 2 is 1.65 bits per heavy atom. The van der Waals surface area contributed by atoms with Crippen molar-refractivity contribution < 1.29 is 13.2 Å². The molecule has 2 aromatic rings. The Kier molecular flexibility index (Phi) is 5.98. The molecule has 1 aliphatic carbocycles. The zero-order valence-corrected chi connectivity index (χ0v) is 16.7. The van der Waals surface area contributed by atoms with Crippen molar-refractivity contribution in [2.45, 2.75) is 36.6 Å². The van der Waals surface area contributed by atoms with E-state index in [9.17, 15) is 13.2 Å². The van der Waals surface area contributed by atoms with E-state index >= 15 is 0 Å². The van der Waals surface area contributed by atoms with Crippen LogP contribution in [0.5, 0.6) is 0 Å². The summed E-state index contributed by atoms with van der Waals surface area (Å²) in [5, 5.41) is 2.96. The quantitative estimate of drug-likeness (QED) is 0.750. The van der Waals surface area contributed by atoms with Crippen LogP contribution in [0.15, 0.2) is 64.0 Å². The summed E-state index contributed by atoms with van der Waals surface area (Å²) in [4.78, 5) is 12.7. The molecule has 3 rings (SSSR count). The van der Waals surface area contributed by atoms with E-state index < -0.39 is 10.0 Å². The van der Waals surface area contributed by atoms with Crippen LogP contribution in [0.3, 0.4) is 0 Å². The monoisotopic (exact) mass is 436 g/mol. The van der Waals surface area contributed by atoms with Gasteiger partial charge in [0.2, 0.25) is 5.91 Å². The van der Waals surface area contributed by atoms with Gasteiger partial charge in [0.15, 0.2) is 0 Å². The molecule has 26 heavy (non-hydrogen) atoms. The SMILES string of the molecule is O=C(CN(c1ccc(Br)cc1)S(=O)(=O)c1ccccc1)NC1CCCC1. The number of benzene rings is 2. The zero-order chi connectivity index (χ0) is 18.6. The number of hydrogen-bond acceptors (Lipinski definition) is 3. The molecule has 0 spiro atoms. The number of anilines is 1. The summed E-state index contributed by atoms with van der Waals surface area (Å²) in [5.41, 5.74) is 0.457. The molecule has 0 saturated heterocycles. The van der Waals surface area contributed by atoms with Crippen molar-refractivity contribution in [1.29, 1.82) is 0 Å². The largest absolute Gasteiger partial charge is 0.352 e. The maximum atomic E-state index is 13.1. The first-order valence-corrected chi connectivity index (χ1v) is 10.8. The van der Waals surface area contributed by atoms with Gasteiger partial charge < -0.3 is 5.32 Å². The van der Waals surface area contributed by atoms with E-state index in [1.54, 1.807) is 42.5 Å². The minimum atomic E-state index is -3.84. The minimum absolute atomic E-state index is 0.147. The molecule has 7 heteroatoms. The highest BCUT2D eigenvalue weighted by molar-refractivity contribution is 9.10. The molecular formula is C19H21BrN2O3S. The number of nitrogens with zero attached hydrogens (tertiary/aromatic N) is 1. The molecule has 0 radical (unpaired) electrons. The Balaban J connectivity index is 1.89. The van der Waals surface area contributed by atoms with Gasteiger partial charge in [-0.2, -0.15) is 0 Å². The van der Waals surface area contributed by atoms with Crippen molar-refractivity contribution in [2.75, 3.05) is 10.8 Å². The van der Waals surface area contributed by atoms with Crippen molar-refractivity contribution >= 4 is 37.5 Å². The fraction of sp³-hybridized carbons (Fsp3) is 0.316. The van der Waals surface area contributed by atoms with Crippen LogP contribution < -0.4 is 9.62 Å². The van der Waals surface area contributed by atoms with E-state index in [0.29, 0.717) is 5.69 Å². The zero-order valence-electron chi connectivity index (χ0n) is 14.3. The molecule has 0 bridgehead atoms. The summed E-state index contributed by atoms with van der Waals surface area (Å²) < 4.78 is 28.3. The summed E-state index contributed by atoms with van der Waals surface area (Å²) in [6.45, 7) is -0.241. The summed E-state index contributed by atoms with van der Waals surface area (Å²) in [6, 6.07) is 15.2. The van der Waals surface area contributed by atoms with E-state index in [2.05, 4.69) is 21.2 Å². The highest BCUT2D eigenvalue weighted by Crippen LogP contribution is 2.25. The van der Waals surface area contributed by atoms with Gasteiger partial charge in [0.05, 0.1) is 10.6 Å². The summed E-state index contributed by atoms with van der Waals surface area (Å²) in [6.07, 6.45) is 4.11. The number of sulfonamides is 1. The maximum Gasteiger partial charge on any atom is 0.264 e. The normalized spacial score (nSPS) is 15.0. The number of nitrogens with one attached hydrogen (secondary N) is 1. The molecule has 138 valence electrons. The van der Waals surface area contributed by atoms with Crippen LogP contribution in [-0.4, -0.2) is 26.9 Å². The molecule has 0 aromatic heterocycles. The highest BCUT2D eigenvalue weighted by Gasteiger charge is 2.28. The minimum Gasteiger partial charge on any atom is -0.352 e. The van der Waals surface area contributed by atoms with Crippen molar-refractivity contribution in [1.82, 2.24) is 5.32 Å². The Hall–Kier alpha value is -1.86. The summed E-state index contributed by atoms with van der Waals surface area (Å²) >= 11 is 3.35. The molecule has 0 heterocycles. The number of hydrogen-bond donors (Lipinski definition) is 1. The lowest BCUT2D eigenvalue weighted by atomic mass is 10.2. The standard InChI is InChI=1S/C19H21BrN2O3S/c20-15-10-12-17(13-11-15)22(14-19(23)21-16-6-4-5-7-16)26(24,25)18-8-2-1-3-9-18/h1-3,8-13,16H,4-7,14H2,(H,21,23). The molecule has 0 atom stereocenters. The summed E-state index contributed by atoms with van der Waals surface area (Å²) in [7, 11) is -3.84. The van der Waals surface area contributed by atoms with Crippen molar-refractivity contribution in [3.05, 3.63) is 59.1 Å². The van der Waals surface area contributed by atoms with Gasteiger partial charge in [-0.3, -0.25) is 9.10 Å². The number of rotatable bonds is 6. The first kappa shape index (κ1) is 18.9. The van der Waals surface area contributed by atoms with Crippen molar-refractivity contribution in [2.24, 2.45) is 0 Å². The van der Waals surface area contributed by atoms with E-state index in [1.807, 2.05) is 0 Å². The van der Waals surface area contributed by atoms with E-state index in [1.165, 1.54) is 16.4 Å². The fourth-order valence-corrected chi connectivity index (χ4v) is 4.82. The molecule has 1 aliphatic rings. The van der Waals surface area contributed by atoms with Crippen LogP contribution in [-0.2, 0) is 14.8 Å². The Labute approximate surface area is 162 Å². The number of amides is 1. The third-order valence-electron chi connectivity index (χ3n) is 4.45. The lowest BCUT2D eigenvalue weighted by molar-refractivity contribution is -0.120. The second-order valence-electron chi connectivity index (χ2n) is 6.35. The average molecular weight is 437 g/mol. The Morgan fingerprint density at radius 1 is 1.04 bits per heavy atom. The lowest BCUT2D eigenvalue weighted by Gasteiger charge is -2.25. The Morgan fingerprint density at radius 3 is 2.27 bits per heavy atom. The second kappa shape index (κ2) is 8.22. The van der Waals surface area contributed by atoms with Crippen LogP contribution in [0.4, 0.5) is 5.69 Å².